The number of thiazole rings is 2. The maximum absolute atomic E-state index is 12.3. The maximum atomic E-state index is 12.3. The second-order valence-corrected chi connectivity index (χ2v) is 7.70. The monoisotopic (exact) mass is 373 g/mol. The highest BCUT2D eigenvalue weighted by Gasteiger charge is 2.17. The highest BCUT2D eigenvalue weighted by molar-refractivity contribution is 7.16. The van der Waals surface area contributed by atoms with Crippen LogP contribution in [0.2, 0.25) is 0 Å². The van der Waals surface area contributed by atoms with E-state index in [1.807, 2.05) is 19.2 Å². The standard InChI is InChI=1S/C17H15N3O3S2/c1-10-17(25-11(2)18-10)14-9-24-16(19-14)8-13(21)7-12-5-3-4-6-15(12)20(22)23/h3-6,9H,7-8H2,1-2H3. The SMILES string of the molecule is Cc1nc(C)c(-c2csc(CC(=O)Cc3ccccc3[N+](=O)[O-])n2)s1. The lowest BCUT2D eigenvalue weighted by Crippen LogP contribution is -2.08. The third-order valence-electron chi connectivity index (χ3n) is 3.61. The van der Waals surface area contributed by atoms with Crippen LogP contribution in [0.1, 0.15) is 21.3 Å². The molecule has 128 valence electrons. The van der Waals surface area contributed by atoms with E-state index >= 15 is 0 Å². The van der Waals surface area contributed by atoms with Gasteiger partial charge in [-0.15, -0.1) is 22.7 Å². The molecule has 0 saturated heterocycles. The molecule has 0 amide bonds. The summed E-state index contributed by atoms with van der Waals surface area (Å²) in [6, 6.07) is 6.33. The van der Waals surface area contributed by atoms with Gasteiger partial charge >= 0.3 is 0 Å². The predicted molar refractivity (Wildman–Crippen MR) is 98.2 cm³/mol. The lowest BCUT2D eigenvalue weighted by Gasteiger charge is -2.01. The van der Waals surface area contributed by atoms with Gasteiger partial charge in [-0.3, -0.25) is 14.9 Å². The number of nitro groups is 1. The number of carbonyl (C=O) groups excluding carboxylic acids is 1. The van der Waals surface area contributed by atoms with Crippen molar-refractivity contribution >= 4 is 34.1 Å². The van der Waals surface area contributed by atoms with E-state index in [4.69, 9.17) is 0 Å². The number of nitrogens with zero attached hydrogens (tertiary/aromatic N) is 3. The molecule has 3 aromatic rings. The third-order valence-corrected chi connectivity index (χ3v) is 5.56. The Morgan fingerprint density at radius 1 is 1.20 bits per heavy atom. The molecule has 0 aliphatic carbocycles. The molecule has 0 atom stereocenters. The average Bonchev–Trinajstić information content (AvgIpc) is 3.13. The summed E-state index contributed by atoms with van der Waals surface area (Å²) in [5, 5.41) is 14.7. The van der Waals surface area contributed by atoms with Gasteiger partial charge < -0.3 is 0 Å². The number of hydrogen-bond donors (Lipinski definition) is 0. The zero-order chi connectivity index (χ0) is 18.0. The van der Waals surface area contributed by atoms with Gasteiger partial charge in [-0.05, 0) is 13.8 Å². The molecule has 2 aromatic heterocycles. The normalized spacial score (nSPS) is 10.8. The molecule has 1 aromatic carbocycles. The van der Waals surface area contributed by atoms with E-state index in [0.717, 1.165) is 21.3 Å². The van der Waals surface area contributed by atoms with Crippen molar-refractivity contribution in [3.8, 4) is 10.6 Å². The molecule has 25 heavy (non-hydrogen) atoms. The summed E-state index contributed by atoms with van der Waals surface area (Å²) in [6.07, 6.45) is 0.207. The second kappa shape index (κ2) is 7.20. The minimum Gasteiger partial charge on any atom is -0.299 e. The van der Waals surface area contributed by atoms with Crippen molar-refractivity contribution in [3.05, 3.63) is 61.0 Å². The third kappa shape index (κ3) is 3.97. The van der Waals surface area contributed by atoms with E-state index < -0.39 is 4.92 Å². The molecular formula is C17H15N3O3S2. The van der Waals surface area contributed by atoms with Gasteiger partial charge in [0.15, 0.2) is 0 Å². The number of aromatic nitrogens is 2. The molecule has 8 heteroatoms. The van der Waals surface area contributed by atoms with Crippen molar-refractivity contribution in [1.29, 1.82) is 0 Å². The highest BCUT2D eigenvalue weighted by atomic mass is 32.1. The predicted octanol–water partition coefficient (Wildman–Crippen LogP) is 4.15. The Labute approximate surface area is 152 Å². The Kier molecular flexibility index (Phi) is 5.00. The van der Waals surface area contributed by atoms with Gasteiger partial charge in [0, 0.05) is 23.4 Å². The second-order valence-electron chi connectivity index (χ2n) is 5.55. The van der Waals surface area contributed by atoms with Gasteiger partial charge in [0.1, 0.15) is 10.8 Å². The highest BCUT2D eigenvalue weighted by Crippen LogP contribution is 2.30. The lowest BCUT2D eigenvalue weighted by atomic mass is 10.1. The zero-order valence-corrected chi connectivity index (χ0v) is 15.3. The molecule has 0 aliphatic rings. The summed E-state index contributed by atoms with van der Waals surface area (Å²) in [7, 11) is 0. The van der Waals surface area contributed by atoms with Gasteiger partial charge in [0.05, 0.1) is 32.6 Å². The first-order valence-electron chi connectivity index (χ1n) is 7.57. The van der Waals surface area contributed by atoms with Crippen LogP contribution in [-0.2, 0) is 17.6 Å². The average molecular weight is 373 g/mol. The molecule has 0 radical (unpaired) electrons. The van der Waals surface area contributed by atoms with Crippen molar-refractivity contribution in [2.45, 2.75) is 26.7 Å². The number of benzene rings is 1. The summed E-state index contributed by atoms with van der Waals surface area (Å²) in [4.78, 5) is 32.8. The van der Waals surface area contributed by atoms with Gasteiger partial charge in [0.25, 0.3) is 5.69 Å². The minimum atomic E-state index is -0.459. The first-order chi connectivity index (χ1) is 11.9. The minimum absolute atomic E-state index is 0.0218. The largest absolute Gasteiger partial charge is 0.299 e. The zero-order valence-electron chi connectivity index (χ0n) is 13.7. The number of ketones is 1. The molecule has 0 bridgehead atoms. The molecule has 0 unspecified atom stereocenters. The molecule has 0 spiro atoms. The first-order valence-corrected chi connectivity index (χ1v) is 9.26. The summed E-state index contributed by atoms with van der Waals surface area (Å²) >= 11 is 3.01. The number of aryl methyl sites for hydroxylation is 2. The molecule has 0 aliphatic heterocycles. The van der Waals surface area contributed by atoms with Crippen molar-refractivity contribution < 1.29 is 9.72 Å². The van der Waals surface area contributed by atoms with Crippen LogP contribution in [0, 0.1) is 24.0 Å². The molecule has 6 nitrogen and oxygen atoms in total. The van der Waals surface area contributed by atoms with Gasteiger partial charge in [0.2, 0.25) is 0 Å². The van der Waals surface area contributed by atoms with E-state index in [9.17, 15) is 14.9 Å². The fraction of sp³-hybridized carbons (Fsp3) is 0.235. The topological polar surface area (TPSA) is 86.0 Å². The van der Waals surface area contributed by atoms with Crippen molar-refractivity contribution in [2.24, 2.45) is 0 Å². The van der Waals surface area contributed by atoms with Gasteiger partial charge in [-0.2, -0.15) is 0 Å². The number of carbonyl (C=O) groups is 1. The van der Waals surface area contributed by atoms with Gasteiger partial charge in [-0.1, -0.05) is 18.2 Å². The first kappa shape index (κ1) is 17.4. The molecular weight excluding hydrogens is 358 g/mol. The van der Waals surface area contributed by atoms with E-state index in [-0.39, 0.29) is 24.3 Å². The lowest BCUT2D eigenvalue weighted by molar-refractivity contribution is -0.385. The summed E-state index contributed by atoms with van der Waals surface area (Å²) in [5.41, 5.74) is 2.18. The molecule has 2 heterocycles. The molecule has 3 rings (SSSR count). The van der Waals surface area contributed by atoms with Crippen LogP contribution in [-0.4, -0.2) is 20.7 Å². The molecule has 0 fully saturated rings. The van der Waals surface area contributed by atoms with Crippen LogP contribution >= 0.6 is 22.7 Å². The maximum Gasteiger partial charge on any atom is 0.273 e. The van der Waals surface area contributed by atoms with E-state index in [2.05, 4.69) is 9.97 Å². The Hall–Kier alpha value is -2.45. The van der Waals surface area contributed by atoms with Gasteiger partial charge in [-0.25, -0.2) is 9.97 Å². The Bertz CT molecular complexity index is 946. The molecule has 0 saturated carbocycles. The van der Waals surface area contributed by atoms with Crippen LogP contribution < -0.4 is 0 Å². The molecule has 0 N–H and O–H groups in total. The smallest absolute Gasteiger partial charge is 0.273 e. The van der Waals surface area contributed by atoms with E-state index in [1.54, 1.807) is 29.5 Å². The number of Topliss-reactive ketones (excluding diaryl/α,β-unsaturated/α-hetero) is 1. The van der Waals surface area contributed by atoms with Crippen molar-refractivity contribution in [3.63, 3.8) is 0 Å². The summed E-state index contributed by atoms with van der Waals surface area (Å²) in [6.45, 7) is 3.89. The fourth-order valence-corrected chi connectivity index (χ4v) is 4.32. The number of rotatable bonds is 6. The van der Waals surface area contributed by atoms with Crippen LogP contribution in [0.5, 0.6) is 0 Å². The van der Waals surface area contributed by atoms with E-state index in [0.29, 0.717) is 10.6 Å². The number of para-hydroxylation sites is 1. The quantitative estimate of drug-likeness (QED) is 0.479. The van der Waals surface area contributed by atoms with Crippen molar-refractivity contribution in [2.75, 3.05) is 0 Å². The van der Waals surface area contributed by atoms with Crippen LogP contribution in [0.15, 0.2) is 29.6 Å². The summed E-state index contributed by atoms with van der Waals surface area (Å²) in [5.74, 6) is -0.0904. The Morgan fingerprint density at radius 2 is 1.96 bits per heavy atom. The summed E-state index contributed by atoms with van der Waals surface area (Å²) < 4.78 is 0. The fourth-order valence-electron chi connectivity index (χ4n) is 2.55. The van der Waals surface area contributed by atoms with E-state index in [1.165, 1.54) is 17.4 Å². The Balaban J connectivity index is 1.72. The van der Waals surface area contributed by atoms with Crippen molar-refractivity contribution in [1.82, 2.24) is 9.97 Å². The Morgan fingerprint density at radius 3 is 2.64 bits per heavy atom. The van der Waals surface area contributed by atoms with Crippen LogP contribution in [0.4, 0.5) is 5.69 Å². The van der Waals surface area contributed by atoms with Crippen LogP contribution in [0.3, 0.4) is 0 Å². The number of hydrogen-bond acceptors (Lipinski definition) is 7. The van der Waals surface area contributed by atoms with Crippen LogP contribution in [0.25, 0.3) is 10.6 Å². The number of nitro benzene ring substituents is 1.